The molecule has 1 saturated heterocycles. The van der Waals surface area contributed by atoms with Gasteiger partial charge in [0.05, 0.1) is 24.8 Å². The number of carbonyl (C=O) groups is 4. The van der Waals surface area contributed by atoms with Crippen molar-refractivity contribution in [1.29, 1.82) is 0 Å². The summed E-state index contributed by atoms with van der Waals surface area (Å²) in [6.45, 7) is 2.33. The Hall–Kier alpha value is -4.67. The number of hydrogen-bond donors (Lipinski definition) is 0. The second-order valence-corrected chi connectivity index (χ2v) is 9.73. The molecule has 41 heavy (non-hydrogen) atoms. The average Bonchev–Trinajstić information content (AvgIpc) is 3.46. The fourth-order valence-corrected chi connectivity index (χ4v) is 4.82. The van der Waals surface area contributed by atoms with Crippen LogP contribution in [0.3, 0.4) is 0 Å². The number of hydrogen-bond acceptors (Lipinski definition) is 8. The van der Waals surface area contributed by atoms with E-state index in [0.717, 1.165) is 0 Å². The molecule has 1 aromatic heterocycles. The Balaban J connectivity index is 1.27. The quantitative estimate of drug-likeness (QED) is 0.283. The van der Waals surface area contributed by atoms with Crippen molar-refractivity contribution in [3.8, 4) is 11.5 Å². The van der Waals surface area contributed by atoms with E-state index in [2.05, 4.69) is 0 Å². The standard InChI is InChI=1S/C30H29FN2O8/c1-2-38-30(37)20-4-3-13-32(15-20)29(36)27-12-10-23(41-27)16-33-24-14-19(5-11-26(24)40-18-28(33)35)25(34)17-39-22-8-6-21(31)7-9-22/h5-12,14,20H,2-4,13,15-18H2,1H3. The van der Waals surface area contributed by atoms with Crippen molar-refractivity contribution in [2.75, 3.05) is 37.8 Å². The van der Waals surface area contributed by atoms with E-state index < -0.39 is 5.82 Å². The van der Waals surface area contributed by atoms with Crippen LogP contribution in [0.25, 0.3) is 0 Å². The highest BCUT2D eigenvalue weighted by Crippen LogP contribution is 2.34. The molecular weight excluding hydrogens is 535 g/mol. The van der Waals surface area contributed by atoms with Gasteiger partial charge in [0, 0.05) is 18.7 Å². The first kappa shape index (κ1) is 27.9. The summed E-state index contributed by atoms with van der Waals surface area (Å²) in [6, 6.07) is 13.2. The molecule has 0 bridgehead atoms. The molecule has 2 aliphatic heterocycles. The third-order valence-electron chi connectivity index (χ3n) is 6.92. The molecule has 1 atom stereocenters. The van der Waals surface area contributed by atoms with Crippen LogP contribution in [0.15, 0.2) is 59.0 Å². The Morgan fingerprint density at radius 1 is 1.07 bits per heavy atom. The molecule has 11 heteroatoms. The zero-order chi connectivity index (χ0) is 28.9. The van der Waals surface area contributed by atoms with Crippen LogP contribution in [0.4, 0.5) is 10.1 Å². The van der Waals surface area contributed by atoms with E-state index in [4.69, 9.17) is 18.6 Å². The van der Waals surface area contributed by atoms with Crippen LogP contribution >= 0.6 is 0 Å². The van der Waals surface area contributed by atoms with E-state index in [1.54, 1.807) is 42.2 Å². The van der Waals surface area contributed by atoms with Gasteiger partial charge in [0.25, 0.3) is 11.8 Å². The topological polar surface area (TPSA) is 116 Å². The highest BCUT2D eigenvalue weighted by molar-refractivity contribution is 6.02. The molecule has 0 saturated carbocycles. The summed E-state index contributed by atoms with van der Waals surface area (Å²) in [7, 11) is 0. The van der Waals surface area contributed by atoms with E-state index in [0.29, 0.717) is 47.9 Å². The van der Waals surface area contributed by atoms with Crippen LogP contribution in [0.2, 0.25) is 0 Å². The molecule has 0 N–H and O–H groups in total. The molecule has 0 spiro atoms. The monoisotopic (exact) mass is 564 g/mol. The summed E-state index contributed by atoms with van der Waals surface area (Å²) in [5.41, 5.74) is 0.678. The maximum Gasteiger partial charge on any atom is 0.310 e. The van der Waals surface area contributed by atoms with Crippen molar-refractivity contribution in [3.05, 3.63) is 77.5 Å². The lowest BCUT2D eigenvalue weighted by Crippen LogP contribution is -2.42. The number of ether oxygens (including phenoxy) is 3. The number of piperidine rings is 1. The van der Waals surface area contributed by atoms with Gasteiger partial charge in [-0.2, -0.15) is 0 Å². The number of ketones is 1. The van der Waals surface area contributed by atoms with Crippen molar-refractivity contribution < 1.29 is 42.2 Å². The highest BCUT2D eigenvalue weighted by Gasteiger charge is 2.32. The molecule has 2 amide bonds. The normalized spacial score (nSPS) is 16.5. The number of Topliss-reactive ketones (excluding diaryl/α,β-unsaturated/α-hetero) is 1. The molecule has 10 nitrogen and oxygen atoms in total. The van der Waals surface area contributed by atoms with Crippen LogP contribution in [0.1, 0.15) is 46.4 Å². The second-order valence-electron chi connectivity index (χ2n) is 9.73. The smallest absolute Gasteiger partial charge is 0.310 e. The molecule has 3 aromatic rings. The lowest BCUT2D eigenvalue weighted by atomic mass is 9.98. The van der Waals surface area contributed by atoms with Gasteiger partial charge in [-0.1, -0.05) is 0 Å². The van der Waals surface area contributed by atoms with Crippen molar-refractivity contribution >= 4 is 29.3 Å². The Bertz CT molecular complexity index is 1450. The van der Waals surface area contributed by atoms with Gasteiger partial charge in [0.15, 0.2) is 24.8 Å². The molecule has 1 fully saturated rings. The van der Waals surface area contributed by atoms with Gasteiger partial charge in [-0.3, -0.25) is 24.1 Å². The lowest BCUT2D eigenvalue weighted by molar-refractivity contribution is -0.149. The molecule has 2 aromatic carbocycles. The minimum Gasteiger partial charge on any atom is -0.485 e. The summed E-state index contributed by atoms with van der Waals surface area (Å²) in [4.78, 5) is 53.9. The molecule has 2 aliphatic rings. The predicted molar refractivity (Wildman–Crippen MR) is 143 cm³/mol. The maximum absolute atomic E-state index is 13.1. The minimum atomic E-state index is -0.412. The summed E-state index contributed by atoms with van der Waals surface area (Å²) < 4.78 is 35.1. The van der Waals surface area contributed by atoms with Gasteiger partial charge in [-0.25, -0.2) is 4.39 Å². The predicted octanol–water partition coefficient (Wildman–Crippen LogP) is 4.02. The Morgan fingerprint density at radius 3 is 2.66 bits per heavy atom. The number of benzene rings is 2. The average molecular weight is 565 g/mol. The summed E-state index contributed by atoms with van der Waals surface area (Å²) in [5.74, 6) is -0.887. The SMILES string of the molecule is CCOC(=O)C1CCCN(C(=O)c2ccc(CN3C(=O)COc4ccc(C(=O)COc5ccc(F)cc5)cc43)o2)C1. The first-order valence-corrected chi connectivity index (χ1v) is 13.4. The van der Waals surface area contributed by atoms with Crippen LogP contribution < -0.4 is 14.4 Å². The number of amides is 2. The third kappa shape index (κ3) is 6.40. The number of carbonyl (C=O) groups excluding carboxylic acids is 4. The van der Waals surface area contributed by atoms with E-state index >= 15 is 0 Å². The first-order valence-electron chi connectivity index (χ1n) is 13.4. The molecule has 1 unspecified atom stereocenters. The molecule has 214 valence electrons. The van der Waals surface area contributed by atoms with Crippen LogP contribution in [0.5, 0.6) is 11.5 Å². The number of furan rings is 1. The zero-order valence-electron chi connectivity index (χ0n) is 22.5. The minimum absolute atomic E-state index is 0.0116. The molecule has 0 aliphatic carbocycles. The van der Waals surface area contributed by atoms with Crippen LogP contribution in [0, 0.1) is 11.7 Å². The largest absolute Gasteiger partial charge is 0.485 e. The van der Waals surface area contributed by atoms with Gasteiger partial charge in [-0.15, -0.1) is 0 Å². The van der Waals surface area contributed by atoms with Crippen LogP contribution in [-0.4, -0.2) is 61.4 Å². The second kappa shape index (κ2) is 12.2. The highest BCUT2D eigenvalue weighted by atomic mass is 19.1. The number of anilines is 1. The molecule has 5 rings (SSSR count). The number of halogens is 1. The van der Waals surface area contributed by atoms with Crippen molar-refractivity contribution in [2.24, 2.45) is 5.92 Å². The van der Waals surface area contributed by atoms with Gasteiger partial charge >= 0.3 is 5.97 Å². The fourth-order valence-electron chi connectivity index (χ4n) is 4.82. The summed E-state index contributed by atoms with van der Waals surface area (Å²) >= 11 is 0. The number of likely N-dealkylation sites (tertiary alicyclic amines) is 1. The Morgan fingerprint density at radius 2 is 1.88 bits per heavy atom. The van der Waals surface area contributed by atoms with Gasteiger partial charge in [0.1, 0.15) is 23.1 Å². The van der Waals surface area contributed by atoms with Crippen molar-refractivity contribution in [1.82, 2.24) is 4.90 Å². The zero-order valence-corrected chi connectivity index (χ0v) is 22.5. The van der Waals surface area contributed by atoms with Crippen LogP contribution in [-0.2, 0) is 20.9 Å². The van der Waals surface area contributed by atoms with E-state index in [9.17, 15) is 23.6 Å². The maximum atomic E-state index is 13.1. The Kier molecular flexibility index (Phi) is 8.32. The van der Waals surface area contributed by atoms with Gasteiger partial charge in [-0.05, 0) is 74.4 Å². The van der Waals surface area contributed by atoms with E-state index in [-0.39, 0.29) is 68.2 Å². The lowest BCUT2D eigenvalue weighted by Gasteiger charge is -2.31. The van der Waals surface area contributed by atoms with Gasteiger partial charge < -0.3 is 23.5 Å². The van der Waals surface area contributed by atoms with Crippen molar-refractivity contribution in [2.45, 2.75) is 26.3 Å². The number of esters is 1. The van der Waals surface area contributed by atoms with Gasteiger partial charge in [0.2, 0.25) is 0 Å². The molecular formula is C30H29FN2O8. The number of fused-ring (bicyclic) bond motifs is 1. The van der Waals surface area contributed by atoms with Crippen molar-refractivity contribution in [3.63, 3.8) is 0 Å². The van der Waals surface area contributed by atoms with E-state index in [1.807, 2.05) is 0 Å². The fraction of sp³-hybridized carbons (Fsp3) is 0.333. The first-order chi connectivity index (χ1) is 19.8. The summed E-state index contributed by atoms with van der Waals surface area (Å²) in [6.07, 6.45) is 1.34. The molecule has 0 radical (unpaired) electrons. The summed E-state index contributed by atoms with van der Waals surface area (Å²) in [5, 5.41) is 0. The number of nitrogens with zero attached hydrogens (tertiary/aromatic N) is 2. The Labute approximate surface area is 235 Å². The van der Waals surface area contributed by atoms with E-state index in [1.165, 1.54) is 29.2 Å². The third-order valence-corrected chi connectivity index (χ3v) is 6.92. The number of rotatable bonds is 9. The molecule has 3 heterocycles.